The Morgan fingerprint density at radius 1 is 1.02 bits per heavy atom. The minimum atomic E-state index is -4.88. The summed E-state index contributed by atoms with van der Waals surface area (Å²) >= 11 is 0. The van der Waals surface area contributed by atoms with Gasteiger partial charge < -0.3 is 28.9 Å². The summed E-state index contributed by atoms with van der Waals surface area (Å²) in [6.07, 6.45) is -1.08. The van der Waals surface area contributed by atoms with E-state index in [4.69, 9.17) is 9.26 Å². The average molecular weight is 632 g/mol. The predicted octanol–water partition coefficient (Wildman–Crippen LogP) is 5.25. The molecule has 0 saturated carbocycles. The predicted molar refractivity (Wildman–Crippen MR) is 154 cm³/mol. The number of ether oxygens (including phenoxy) is 2. The van der Waals surface area contributed by atoms with Gasteiger partial charge in [-0.2, -0.15) is 4.98 Å². The molecule has 2 saturated heterocycles. The van der Waals surface area contributed by atoms with Gasteiger partial charge in [-0.3, -0.25) is 9.78 Å². The molecule has 0 bridgehead atoms. The fourth-order valence-corrected chi connectivity index (χ4v) is 5.96. The Bertz CT molecular complexity index is 1540. The second kappa shape index (κ2) is 11.6. The van der Waals surface area contributed by atoms with Crippen molar-refractivity contribution in [3.8, 4) is 17.1 Å². The van der Waals surface area contributed by atoms with E-state index in [1.807, 2.05) is 0 Å². The maximum Gasteiger partial charge on any atom is 0.573 e. The number of rotatable bonds is 6. The topological polar surface area (TPSA) is 131 Å². The molecule has 2 fully saturated rings. The monoisotopic (exact) mass is 631 g/mol. The van der Waals surface area contributed by atoms with E-state index in [1.165, 1.54) is 36.4 Å². The molecule has 2 aliphatic rings. The second-order valence-electron chi connectivity index (χ2n) is 12.9. The van der Waals surface area contributed by atoms with Crippen LogP contribution in [0.2, 0.25) is 0 Å². The van der Waals surface area contributed by atoms with Gasteiger partial charge in [-0.25, -0.2) is 4.79 Å². The number of carbonyl (C=O) groups is 2. The zero-order valence-electron chi connectivity index (χ0n) is 25.7. The molecule has 242 valence electrons. The van der Waals surface area contributed by atoms with Gasteiger partial charge in [0.2, 0.25) is 17.6 Å². The third kappa shape index (κ3) is 6.75. The average Bonchev–Trinajstić information content (AvgIpc) is 3.44. The summed E-state index contributed by atoms with van der Waals surface area (Å²) < 4.78 is 53.6. The molecule has 1 N–H and O–H groups in total. The Labute approximate surface area is 258 Å². The molecule has 11 nitrogen and oxygen atoms in total. The molecule has 2 amide bonds. The van der Waals surface area contributed by atoms with Crippen LogP contribution in [0.3, 0.4) is 0 Å². The number of nitrogens with zero attached hydrogens (tertiary/aromatic N) is 5. The van der Waals surface area contributed by atoms with Crippen molar-refractivity contribution in [2.75, 3.05) is 26.2 Å². The zero-order chi connectivity index (χ0) is 32.8. The van der Waals surface area contributed by atoms with Crippen molar-refractivity contribution in [3.63, 3.8) is 0 Å². The molecule has 1 aromatic carbocycles. The van der Waals surface area contributed by atoms with E-state index in [9.17, 15) is 27.9 Å². The van der Waals surface area contributed by atoms with Crippen molar-refractivity contribution >= 4 is 12.0 Å². The molecule has 1 atom stereocenters. The lowest BCUT2D eigenvalue weighted by Gasteiger charge is -2.56. The van der Waals surface area contributed by atoms with E-state index in [0.29, 0.717) is 42.9 Å². The van der Waals surface area contributed by atoms with Gasteiger partial charge in [-0.1, -0.05) is 24.2 Å². The third-order valence-electron chi connectivity index (χ3n) is 8.26. The Balaban J connectivity index is 1.46. The number of halogens is 3. The highest BCUT2D eigenvalue weighted by Crippen LogP contribution is 2.51. The van der Waals surface area contributed by atoms with Crippen molar-refractivity contribution in [1.82, 2.24) is 24.9 Å². The van der Waals surface area contributed by atoms with Crippen molar-refractivity contribution in [2.24, 2.45) is 5.41 Å². The molecule has 5 rings (SSSR count). The number of hydrogen-bond acceptors (Lipinski definition) is 9. The van der Waals surface area contributed by atoms with E-state index in [2.05, 4.69) is 19.9 Å². The van der Waals surface area contributed by atoms with Gasteiger partial charge in [0.1, 0.15) is 17.0 Å². The lowest BCUT2D eigenvalue weighted by molar-refractivity contribution is -0.274. The van der Waals surface area contributed by atoms with Crippen molar-refractivity contribution in [1.29, 1.82) is 0 Å². The molecule has 4 heterocycles. The van der Waals surface area contributed by atoms with Crippen molar-refractivity contribution < 1.29 is 41.9 Å². The lowest BCUT2D eigenvalue weighted by atomic mass is 9.62. The number of piperidine rings is 1. The molecule has 2 aliphatic heterocycles. The Hall–Kier alpha value is -4.20. The molecule has 45 heavy (non-hydrogen) atoms. The van der Waals surface area contributed by atoms with Gasteiger partial charge >= 0.3 is 12.5 Å². The van der Waals surface area contributed by atoms with E-state index < -0.39 is 34.8 Å². The first-order valence-electron chi connectivity index (χ1n) is 14.6. The fourth-order valence-electron chi connectivity index (χ4n) is 5.96. The smallest absolute Gasteiger partial charge is 0.444 e. The Morgan fingerprint density at radius 2 is 1.67 bits per heavy atom. The zero-order valence-corrected chi connectivity index (χ0v) is 25.7. The van der Waals surface area contributed by atoms with Crippen molar-refractivity contribution in [3.05, 3.63) is 59.7 Å². The highest BCUT2D eigenvalue weighted by molar-refractivity contribution is 5.73. The molecule has 0 radical (unpaired) electrons. The van der Waals surface area contributed by atoms with E-state index in [-0.39, 0.29) is 36.3 Å². The summed E-state index contributed by atoms with van der Waals surface area (Å²) in [5.74, 6) is 0.252. The van der Waals surface area contributed by atoms with Crippen molar-refractivity contribution in [2.45, 2.75) is 70.9 Å². The highest BCUT2D eigenvalue weighted by atomic mass is 19.4. The van der Waals surface area contributed by atoms with Gasteiger partial charge in [0.25, 0.3) is 0 Å². The molecule has 1 unspecified atom stereocenters. The number of aliphatic hydroxyl groups is 1. The summed E-state index contributed by atoms with van der Waals surface area (Å²) in [7, 11) is 0. The summed E-state index contributed by atoms with van der Waals surface area (Å²) in [5.41, 5.74) is -2.50. The maximum absolute atomic E-state index is 12.8. The summed E-state index contributed by atoms with van der Waals surface area (Å²) in [5, 5.41) is 16.7. The van der Waals surface area contributed by atoms with Gasteiger partial charge in [0.15, 0.2) is 0 Å². The van der Waals surface area contributed by atoms with E-state index in [0.717, 1.165) is 12.1 Å². The minimum Gasteiger partial charge on any atom is -0.444 e. The van der Waals surface area contributed by atoms with E-state index >= 15 is 0 Å². The van der Waals surface area contributed by atoms with E-state index in [1.54, 1.807) is 38.7 Å². The van der Waals surface area contributed by atoms with Crippen LogP contribution in [0.5, 0.6) is 5.75 Å². The van der Waals surface area contributed by atoms with Crippen LogP contribution in [-0.4, -0.2) is 80.2 Å². The van der Waals surface area contributed by atoms with Crippen LogP contribution in [-0.2, 0) is 15.1 Å². The SMILES string of the molecule is CC(=O)N1CCC(c2nc(-c3cncc(C(O)(c4ccc(OC(F)(F)F)cc4)C4(C)CN(C(=O)OC(C)(C)C)C4)c3)no2)CC1. The standard InChI is InChI=1S/C31H36F3N5O6/c1-19(40)38-12-10-20(11-13-38)26-36-25(37-45-26)21-14-23(16-35-15-21)30(42,22-6-8-24(9-7-22)43-31(32,33)34)29(5)17-39(18-29)27(41)44-28(2,3)4/h6-9,14-16,20,42H,10-13,17-18H2,1-5H3. The molecule has 14 heteroatoms. The number of carbonyl (C=O) groups excluding carboxylic acids is 2. The molecule has 3 aromatic rings. The third-order valence-corrected chi connectivity index (χ3v) is 8.26. The molecular weight excluding hydrogens is 595 g/mol. The van der Waals surface area contributed by atoms with Crippen LogP contribution >= 0.6 is 0 Å². The maximum atomic E-state index is 12.8. The van der Waals surface area contributed by atoms with Gasteiger partial charge in [-0.15, -0.1) is 13.2 Å². The van der Waals surface area contributed by atoms with Crippen LogP contribution in [0.4, 0.5) is 18.0 Å². The molecular formula is C31H36F3N5O6. The first-order valence-corrected chi connectivity index (χ1v) is 14.6. The Morgan fingerprint density at radius 3 is 2.24 bits per heavy atom. The first-order chi connectivity index (χ1) is 21.0. The largest absolute Gasteiger partial charge is 0.573 e. The summed E-state index contributed by atoms with van der Waals surface area (Å²) in [6.45, 7) is 9.93. The number of benzene rings is 1. The second-order valence-corrected chi connectivity index (χ2v) is 12.9. The first kappa shape index (κ1) is 32.2. The number of pyridine rings is 1. The number of amides is 2. The Kier molecular flexibility index (Phi) is 8.32. The van der Waals surface area contributed by atoms with Crippen LogP contribution in [0, 0.1) is 5.41 Å². The minimum absolute atomic E-state index is 0.0138. The fraction of sp³-hybridized carbons (Fsp3) is 0.516. The van der Waals surface area contributed by atoms with Crippen LogP contribution in [0.15, 0.2) is 47.2 Å². The molecule has 0 aliphatic carbocycles. The number of alkyl halides is 3. The van der Waals surface area contributed by atoms with Crippen LogP contribution < -0.4 is 4.74 Å². The lowest BCUT2D eigenvalue weighted by Crippen LogP contribution is -2.66. The number of aromatic nitrogens is 3. The number of hydrogen-bond donors (Lipinski definition) is 1. The quantitative estimate of drug-likeness (QED) is 0.388. The molecule has 2 aromatic heterocycles. The molecule has 0 spiro atoms. The summed E-state index contributed by atoms with van der Waals surface area (Å²) in [6, 6.07) is 6.62. The number of likely N-dealkylation sites (tertiary alicyclic amines) is 2. The highest BCUT2D eigenvalue weighted by Gasteiger charge is 2.58. The normalized spacial score (nSPS) is 18.6. The van der Waals surface area contributed by atoms with Gasteiger partial charge in [0.05, 0.1) is 0 Å². The van der Waals surface area contributed by atoms with Crippen LogP contribution in [0.1, 0.15) is 70.4 Å². The van der Waals surface area contributed by atoms with Crippen LogP contribution in [0.25, 0.3) is 11.4 Å². The summed E-state index contributed by atoms with van der Waals surface area (Å²) in [4.78, 5) is 36.6. The van der Waals surface area contributed by atoms with Gasteiger partial charge in [0, 0.05) is 68.0 Å². The van der Waals surface area contributed by atoms with Gasteiger partial charge in [-0.05, 0) is 57.4 Å².